The van der Waals surface area contributed by atoms with Crippen LogP contribution < -0.4 is 14.8 Å². The number of hydrogen-bond donors (Lipinski definition) is 2. The van der Waals surface area contributed by atoms with Gasteiger partial charge in [-0.3, -0.25) is 4.79 Å². The van der Waals surface area contributed by atoms with Crippen LogP contribution in [0.25, 0.3) is 0 Å². The zero-order chi connectivity index (χ0) is 27.0. The maximum Gasteiger partial charge on any atom is 0.261 e. The molecule has 4 aromatic rings. The summed E-state index contributed by atoms with van der Waals surface area (Å²) in [7, 11) is 1.65. The molecule has 3 aromatic carbocycles. The number of carbonyl (C=O) groups excluding carboxylic acids is 1. The third-order valence-corrected chi connectivity index (χ3v) is 9.25. The van der Waals surface area contributed by atoms with Gasteiger partial charge < -0.3 is 20.0 Å². The second-order valence-electron chi connectivity index (χ2n) is 9.19. The molecule has 1 amide bonds. The fourth-order valence-electron chi connectivity index (χ4n) is 4.72. The van der Waals surface area contributed by atoms with Gasteiger partial charge in [-0.05, 0) is 53.3 Å². The number of benzene rings is 3. The predicted octanol–water partition coefficient (Wildman–Crippen LogP) is 6.77. The monoisotopic (exact) mass is 558 g/mol. The van der Waals surface area contributed by atoms with E-state index in [0.717, 1.165) is 38.2 Å². The van der Waals surface area contributed by atoms with Crippen molar-refractivity contribution in [2.75, 3.05) is 20.3 Å². The average molecular weight is 559 g/mol. The van der Waals surface area contributed by atoms with E-state index in [1.165, 1.54) is 16.9 Å². The molecule has 1 aliphatic rings. The third-order valence-electron chi connectivity index (χ3n) is 6.68. The Morgan fingerprint density at radius 1 is 1.00 bits per heavy atom. The fraction of sp³-hybridized carbons (Fsp3) is 0.226. The van der Waals surface area contributed by atoms with Crippen LogP contribution in [0.2, 0.25) is 0 Å². The number of nitrogens with one attached hydrogen (secondary N) is 1. The summed E-state index contributed by atoms with van der Waals surface area (Å²) in [5.41, 5.74) is 4.78. The number of fused-ring (bicyclic) bond motifs is 1. The van der Waals surface area contributed by atoms with Crippen LogP contribution in [-0.2, 0) is 12.2 Å². The van der Waals surface area contributed by atoms with Crippen molar-refractivity contribution < 1.29 is 19.5 Å². The van der Waals surface area contributed by atoms with Crippen molar-refractivity contribution in [3.05, 3.63) is 112 Å². The summed E-state index contributed by atoms with van der Waals surface area (Å²) >= 11 is 3.16. The Bertz CT molecular complexity index is 1420. The standard InChI is InChI=1S/C31H30N2O4S2/c1-36-24-14-12-22(13-15-24)23-18-26-28(27(19-23)33-35)31(38-20-21-8-4-2-5-9-21)39-29(26)30(34)32-16-17-37-25-10-6-3-7-11-25/h2-15,23,35H,16-20H2,1H3,(H,32,34)/b33-27+. The van der Waals surface area contributed by atoms with Gasteiger partial charge in [0.25, 0.3) is 5.91 Å². The number of rotatable bonds is 10. The minimum Gasteiger partial charge on any atom is -0.497 e. The van der Waals surface area contributed by atoms with E-state index in [1.807, 2.05) is 72.8 Å². The van der Waals surface area contributed by atoms with Crippen LogP contribution in [-0.4, -0.2) is 37.1 Å². The highest BCUT2D eigenvalue weighted by atomic mass is 32.2. The van der Waals surface area contributed by atoms with Gasteiger partial charge in [0, 0.05) is 17.7 Å². The first-order chi connectivity index (χ1) is 19.2. The number of carbonyl (C=O) groups is 1. The Morgan fingerprint density at radius 2 is 1.72 bits per heavy atom. The van der Waals surface area contributed by atoms with Crippen molar-refractivity contribution in [3.8, 4) is 11.5 Å². The molecule has 1 aliphatic carbocycles. The molecule has 6 nitrogen and oxygen atoms in total. The number of hydrogen-bond acceptors (Lipinski definition) is 7. The van der Waals surface area contributed by atoms with Crippen LogP contribution in [0.5, 0.6) is 11.5 Å². The second-order valence-corrected chi connectivity index (χ2v) is 11.5. The topological polar surface area (TPSA) is 80.2 Å². The first-order valence-electron chi connectivity index (χ1n) is 12.8. The van der Waals surface area contributed by atoms with Gasteiger partial charge in [-0.25, -0.2) is 0 Å². The molecular weight excluding hydrogens is 528 g/mol. The molecule has 5 rings (SSSR count). The van der Waals surface area contributed by atoms with Crippen LogP contribution in [0, 0.1) is 0 Å². The minimum atomic E-state index is -0.132. The van der Waals surface area contributed by atoms with Gasteiger partial charge in [0.2, 0.25) is 0 Å². The second kappa shape index (κ2) is 12.9. The van der Waals surface area contributed by atoms with Gasteiger partial charge in [-0.2, -0.15) is 0 Å². The highest BCUT2D eigenvalue weighted by Gasteiger charge is 2.34. The summed E-state index contributed by atoms with van der Waals surface area (Å²) in [4.78, 5) is 14.1. The van der Waals surface area contributed by atoms with Gasteiger partial charge in [0.05, 0.1) is 28.5 Å². The zero-order valence-corrected chi connectivity index (χ0v) is 23.3. The molecule has 2 N–H and O–H groups in total. The molecule has 0 saturated carbocycles. The van der Waals surface area contributed by atoms with Crippen LogP contribution in [0.1, 0.15) is 44.3 Å². The summed E-state index contributed by atoms with van der Waals surface area (Å²) in [5.74, 6) is 2.28. The van der Waals surface area contributed by atoms with Gasteiger partial charge >= 0.3 is 0 Å². The van der Waals surface area contributed by atoms with Crippen molar-refractivity contribution >= 4 is 34.7 Å². The normalized spacial score (nSPS) is 15.5. The number of thioether (sulfide) groups is 1. The smallest absolute Gasteiger partial charge is 0.261 e. The Hall–Kier alpha value is -3.75. The first-order valence-corrected chi connectivity index (χ1v) is 14.6. The Kier molecular flexibility index (Phi) is 8.85. The molecule has 0 fully saturated rings. The highest BCUT2D eigenvalue weighted by molar-refractivity contribution is 8.00. The van der Waals surface area contributed by atoms with Gasteiger partial charge in [0.1, 0.15) is 18.1 Å². The molecule has 0 aliphatic heterocycles. The maximum absolute atomic E-state index is 13.5. The first kappa shape index (κ1) is 26.8. The number of ether oxygens (including phenoxy) is 2. The van der Waals surface area contributed by atoms with Crippen molar-refractivity contribution in [1.82, 2.24) is 5.32 Å². The summed E-state index contributed by atoms with van der Waals surface area (Å²) in [6.45, 7) is 0.756. The Labute approximate surface area is 236 Å². The molecule has 0 radical (unpaired) electrons. The third kappa shape index (κ3) is 6.46. The number of methoxy groups -OCH3 is 1. The van der Waals surface area contributed by atoms with Crippen LogP contribution >= 0.6 is 23.1 Å². The van der Waals surface area contributed by atoms with Crippen LogP contribution in [0.4, 0.5) is 0 Å². The predicted molar refractivity (Wildman–Crippen MR) is 157 cm³/mol. The van der Waals surface area contributed by atoms with E-state index in [4.69, 9.17) is 9.47 Å². The number of nitrogens with zero attached hydrogens (tertiary/aromatic N) is 1. The van der Waals surface area contributed by atoms with E-state index in [-0.39, 0.29) is 11.8 Å². The molecule has 200 valence electrons. The minimum absolute atomic E-state index is 0.0869. The molecule has 0 saturated heterocycles. The van der Waals surface area contributed by atoms with E-state index >= 15 is 0 Å². The fourth-order valence-corrected chi connectivity index (χ4v) is 7.26. The summed E-state index contributed by atoms with van der Waals surface area (Å²) in [6.07, 6.45) is 1.28. The molecule has 0 bridgehead atoms. The molecule has 39 heavy (non-hydrogen) atoms. The van der Waals surface area contributed by atoms with Crippen LogP contribution in [0.15, 0.2) is 94.3 Å². The molecule has 0 spiro atoms. The van der Waals surface area contributed by atoms with E-state index in [9.17, 15) is 10.0 Å². The molecular formula is C31H30N2O4S2. The highest BCUT2D eigenvalue weighted by Crippen LogP contribution is 2.45. The van der Waals surface area contributed by atoms with Gasteiger partial charge in [0.15, 0.2) is 0 Å². The molecule has 1 atom stereocenters. The SMILES string of the molecule is COc1ccc(C2C/C(=N\O)c3c(SCc4ccccc4)sc(C(=O)NCCOc4ccccc4)c3C2)cc1. The quantitative estimate of drug-likeness (QED) is 0.0972. The number of thiophene rings is 1. The average Bonchev–Trinajstić information content (AvgIpc) is 3.37. The van der Waals surface area contributed by atoms with Crippen molar-refractivity contribution in [2.24, 2.45) is 5.16 Å². The van der Waals surface area contributed by atoms with Gasteiger partial charge in [-0.1, -0.05) is 65.8 Å². The summed E-state index contributed by atoms with van der Waals surface area (Å²) < 4.78 is 12.1. The lowest BCUT2D eigenvalue weighted by Crippen LogP contribution is -2.29. The maximum atomic E-state index is 13.5. The number of amides is 1. The van der Waals surface area contributed by atoms with Crippen molar-refractivity contribution in [2.45, 2.75) is 28.7 Å². The van der Waals surface area contributed by atoms with E-state index < -0.39 is 0 Å². The van der Waals surface area contributed by atoms with Gasteiger partial charge in [-0.15, -0.1) is 23.1 Å². The molecule has 8 heteroatoms. The van der Waals surface area contributed by atoms with Crippen LogP contribution in [0.3, 0.4) is 0 Å². The van der Waals surface area contributed by atoms with Crippen molar-refractivity contribution in [1.29, 1.82) is 0 Å². The van der Waals surface area contributed by atoms with Crippen molar-refractivity contribution in [3.63, 3.8) is 0 Å². The largest absolute Gasteiger partial charge is 0.497 e. The lowest BCUT2D eigenvalue weighted by atomic mass is 9.80. The van der Waals surface area contributed by atoms with E-state index in [0.29, 0.717) is 36.6 Å². The summed E-state index contributed by atoms with van der Waals surface area (Å²) in [6, 6.07) is 27.8. The Morgan fingerprint density at radius 3 is 2.41 bits per heavy atom. The summed E-state index contributed by atoms with van der Waals surface area (Å²) in [5, 5.41) is 16.8. The molecule has 1 aromatic heterocycles. The van der Waals surface area contributed by atoms with E-state index in [1.54, 1.807) is 18.9 Å². The Balaban J connectivity index is 1.39. The zero-order valence-electron chi connectivity index (χ0n) is 21.6. The lowest BCUT2D eigenvalue weighted by Gasteiger charge is -2.25. The molecule has 1 unspecified atom stereocenters. The number of oxime groups is 1. The molecule has 1 heterocycles. The number of para-hydroxylation sites is 1. The lowest BCUT2D eigenvalue weighted by molar-refractivity contribution is 0.0950. The van der Waals surface area contributed by atoms with E-state index in [2.05, 4.69) is 22.6 Å².